The number of nitrogens with one attached hydrogen (secondary N) is 1. The normalized spacial score (nSPS) is 16.3. The average molecular weight is 525 g/mol. The van der Waals surface area contributed by atoms with Crippen molar-refractivity contribution in [2.45, 2.75) is 38.9 Å². The molecule has 1 saturated heterocycles. The number of hydrogen-bond acceptors (Lipinski definition) is 5. The largest absolute Gasteiger partial charge is 0.494 e. The second-order valence-corrected chi connectivity index (χ2v) is 10.9. The Balaban J connectivity index is 1.51. The first-order valence-electron chi connectivity index (χ1n) is 12.4. The molecule has 0 atom stereocenters. The molecule has 1 aliphatic rings. The van der Waals surface area contributed by atoms with Gasteiger partial charge in [-0.05, 0) is 57.4 Å². The van der Waals surface area contributed by atoms with Gasteiger partial charge in [-0.3, -0.25) is 14.5 Å². The lowest BCUT2D eigenvalue weighted by atomic mass is 9.79. The number of benzene rings is 3. The van der Waals surface area contributed by atoms with E-state index in [9.17, 15) is 4.79 Å². The summed E-state index contributed by atoms with van der Waals surface area (Å²) in [5.41, 5.74) is 3.51. The van der Waals surface area contributed by atoms with Gasteiger partial charge in [-0.2, -0.15) is 5.10 Å². The third-order valence-electron chi connectivity index (χ3n) is 7.41. The lowest BCUT2D eigenvalue weighted by Crippen LogP contribution is -2.41. The fraction of sp³-hybridized carbons (Fsp3) is 0.207. The van der Waals surface area contributed by atoms with E-state index in [1.807, 2.05) is 82.3 Å². The molecule has 3 heterocycles. The highest BCUT2D eigenvalue weighted by molar-refractivity contribution is 6.62. The molecule has 0 radical (unpaired) electrons. The predicted molar refractivity (Wildman–Crippen MR) is 151 cm³/mol. The number of aromatic nitrogens is 4. The number of rotatable bonds is 4. The van der Waals surface area contributed by atoms with Crippen LogP contribution in [0, 0.1) is 0 Å². The quantitative estimate of drug-likeness (QED) is 0.319. The third kappa shape index (κ3) is 4.05. The van der Waals surface area contributed by atoms with Crippen LogP contribution in [0.1, 0.15) is 27.7 Å². The monoisotopic (exact) mass is 524 g/mol. The summed E-state index contributed by atoms with van der Waals surface area (Å²) in [5.74, 6) is 0.490. The Labute approximate surface area is 225 Å². The number of aromatic amines is 1. The van der Waals surface area contributed by atoms with Crippen LogP contribution in [0.15, 0.2) is 83.7 Å². The van der Waals surface area contributed by atoms with E-state index in [1.54, 1.807) is 28.8 Å². The van der Waals surface area contributed by atoms with Crippen molar-refractivity contribution in [3.8, 4) is 28.3 Å². The Kier molecular flexibility index (Phi) is 5.79. The van der Waals surface area contributed by atoms with E-state index in [4.69, 9.17) is 25.9 Å². The molecule has 0 spiro atoms. The molecule has 1 N–H and O–H groups in total. The molecule has 9 heteroatoms. The zero-order valence-corrected chi connectivity index (χ0v) is 22.3. The summed E-state index contributed by atoms with van der Waals surface area (Å²) < 4.78 is 14.0. The first-order valence-corrected chi connectivity index (χ1v) is 12.8. The molecule has 3 aromatic carbocycles. The van der Waals surface area contributed by atoms with E-state index in [0.717, 1.165) is 16.6 Å². The molecular formula is C29H26BClN4O3. The van der Waals surface area contributed by atoms with E-state index in [2.05, 4.69) is 10.2 Å². The molecule has 0 amide bonds. The van der Waals surface area contributed by atoms with Crippen molar-refractivity contribution in [1.82, 2.24) is 19.7 Å². The molecule has 190 valence electrons. The van der Waals surface area contributed by atoms with Gasteiger partial charge in [-0.15, -0.1) is 0 Å². The van der Waals surface area contributed by atoms with Crippen molar-refractivity contribution in [2.24, 2.45) is 0 Å². The van der Waals surface area contributed by atoms with Crippen molar-refractivity contribution >= 4 is 35.2 Å². The van der Waals surface area contributed by atoms with Crippen LogP contribution in [-0.2, 0) is 9.31 Å². The maximum Gasteiger partial charge on any atom is 0.494 e. The molecular weight excluding hydrogens is 499 g/mol. The van der Waals surface area contributed by atoms with Crippen LogP contribution in [0.2, 0.25) is 5.02 Å². The van der Waals surface area contributed by atoms with E-state index in [0.29, 0.717) is 33.3 Å². The van der Waals surface area contributed by atoms with Crippen LogP contribution < -0.4 is 11.0 Å². The molecule has 7 nitrogen and oxygen atoms in total. The maximum absolute atomic E-state index is 13.9. The predicted octanol–water partition coefficient (Wildman–Crippen LogP) is 5.40. The van der Waals surface area contributed by atoms with Crippen molar-refractivity contribution in [2.75, 3.05) is 0 Å². The van der Waals surface area contributed by atoms with Gasteiger partial charge in [0.15, 0.2) is 5.52 Å². The van der Waals surface area contributed by atoms with Gasteiger partial charge in [0.1, 0.15) is 17.0 Å². The van der Waals surface area contributed by atoms with Crippen LogP contribution in [-0.4, -0.2) is 38.1 Å². The van der Waals surface area contributed by atoms with Crippen LogP contribution in [0.25, 0.3) is 39.4 Å². The minimum atomic E-state index is -0.485. The topological polar surface area (TPSA) is 82.0 Å². The zero-order chi connectivity index (χ0) is 26.7. The molecule has 0 bridgehead atoms. The highest BCUT2D eigenvalue weighted by Crippen LogP contribution is 2.36. The van der Waals surface area contributed by atoms with E-state index >= 15 is 0 Å². The van der Waals surface area contributed by atoms with Crippen LogP contribution in [0.4, 0.5) is 0 Å². The number of halogens is 1. The molecule has 0 aliphatic carbocycles. The Hall–Kier alpha value is -3.72. The second-order valence-electron chi connectivity index (χ2n) is 10.4. The second kappa shape index (κ2) is 8.94. The summed E-state index contributed by atoms with van der Waals surface area (Å²) in [6.07, 6.45) is 0. The van der Waals surface area contributed by atoms with Crippen molar-refractivity contribution in [3.63, 3.8) is 0 Å². The fourth-order valence-electron chi connectivity index (χ4n) is 4.55. The van der Waals surface area contributed by atoms with Crippen LogP contribution >= 0.6 is 11.6 Å². The standard InChI is InChI=1S/C29H26BClN4O3/c1-28(2)29(3,4)38-30(37-28)20-12-10-19(11-13-20)26-32-24-23(18-8-6-5-7-9-18)33-34-25(24)27(36)35(26)22-16-14-21(31)15-17-22/h5-17H,1-4H3,(H,33,34). The zero-order valence-electron chi connectivity index (χ0n) is 21.5. The van der Waals surface area contributed by atoms with Gasteiger partial charge in [0.05, 0.1) is 16.9 Å². The van der Waals surface area contributed by atoms with Gasteiger partial charge in [-0.1, -0.05) is 66.2 Å². The molecule has 0 saturated carbocycles. The molecule has 2 aromatic heterocycles. The molecule has 6 rings (SSSR count). The number of fused-ring (bicyclic) bond motifs is 1. The van der Waals surface area contributed by atoms with Gasteiger partial charge in [0, 0.05) is 16.1 Å². The van der Waals surface area contributed by atoms with Gasteiger partial charge in [0.25, 0.3) is 5.56 Å². The van der Waals surface area contributed by atoms with Gasteiger partial charge >= 0.3 is 7.12 Å². The van der Waals surface area contributed by atoms with Crippen LogP contribution in [0.3, 0.4) is 0 Å². The summed E-state index contributed by atoms with van der Waals surface area (Å²) >= 11 is 6.14. The van der Waals surface area contributed by atoms with Crippen LogP contribution in [0.5, 0.6) is 0 Å². The Morgan fingerprint density at radius 2 is 1.47 bits per heavy atom. The SMILES string of the molecule is CC1(C)OB(c2ccc(-c3nc4c(-c5ccccc5)n[nH]c4c(=O)n3-c3ccc(Cl)cc3)cc2)OC1(C)C. The first kappa shape index (κ1) is 24.6. The summed E-state index contributed by atoms with van der Waals surface area (Å²) in [5, 5.41) is 7.94. The highest BCUT2D eigenvalue weighted by Gasteiger charge is 2.51. The van der Waals surface area contributed by atoms with Gasteiger partial charge in [0.2, 0.25) is 0 Å². The summed E-state index contributed by atoms with van der Waals surface area (Å²) in [6.45, 7) is 8.11. The summed E-state index contributed by atoms with van der Waals surface area (Å²) in [6, 6.07) is 24.6. The lowest BCUT2D eigenvalue weighted by Gasteiger charge is -2.32. The number of nitrogens with zero attached hydrogens (tertiary/aromatic N) is 3. The summed E-state index contributed by atoms with van der Waals surface area (Å²) in [7, 11) is -0.485. The van der Waals surface area contributed by atoms with E-state index < -0.39 is 18.3 Å². The molecule has 5 aromatic rings. The van der Waals surface area contributed by atoms with E-state index in [1.165, 1.54) is 0 Å². The number of H-pyrrole nitrogens is 1. The van der Waals surface area contributed by atoms with Crippen molar-refractivity contribution < 1.29 is 9.31 Å². The average Bonchev–Trinajstić information content (AvgIpc) is 3.43. The molecule has 38 heavy (non-hydrogen) atoms. The van der Waals surface area contributed by atoms with Crippen molar-refractivity contribution in [3.05, 3.63) is 94.2 Å². The summed E-state index contributed by atoms with van der Waals surface area (Å²) in [4.78, 5) is 18.8. The fourth-order valence-corrected chi connectivity index (χ4v) is 4.67. The first-order chi connectivity index (χ1) is 18.1. The molecule has 1 aliphatic heterocycles. The Bertz CT molecular complexity index is 1680. The van der Waals surface area contributed by atoms with Gasteiger partial charge < -0.3 is 9.31 Å². The van der Waals surface area contributed by atoms with Gasteiger partial charge in [-0.25, -0.2) is 4.98 Å². The minimum Gasteiger partial charge on any atom is -0.399 e. The van der Waals surface area contributed by atoms with E-state index in [-0.39, 0.29) is 5.56 Å². The Morgan fingerprint density at radius 3 is 2.11 bits per heavy atom. The van der Waals surface area contributed by atoms with Crippen molar-refractivity contribution in [1.29, 1.82) is 0 Å². The third-order valence-corrected chi connectivity index (χ3v) is 7.67. The molecule has 1 fully saturated rings. The lowest BCUT2D eigenvalue weighted by molar-refractivity contribution is 0.00578. The number of hydrogen-bond donors (Lipinski definition) is 1. The maximum atomic E-state index is 13.9. The smallest absolute Gasteiger partial charge is 0.399 e. The minimum absolute atomic E-state index is 0.253. The Morgan fingerprint density at radius 1 is 0.842 bits per heavy atom. The highest BCUT2D eigenvalue weighted by atomic mass is 35.5. The molecule has 0 unspecified atom stereocenters.